The molecule has 2 unspecified atom stereocenters. The van der Waals surface area contributed by atoms with Crippen molar-refractivity contribution in [3.8, 4) is 0 Å². The Hall–Kier alpha value is -0.820. The average molecular weight is 365 g/mol. The molecule has 1 saturated heterocycles. The van der Waals surface area contributed by atoms with Crippen LogP contribution in [0.1, 0.15) is 31.4 Å². The first-order valence-corrected chi connectivity index (χ1v) is 9.52. The van der Waals surface area contributed by atoms with Crippen LogP contribution < -0.4 is 5.32 Å². The van der Waals surface area contributed by atoms with Gasteiger partial charge in [0.15, 0.2) is 0 Å². The molecule has 0 spiro atoms. The van der Waals surface area contributed by atoms with Gasteiger partial charge in [0.05, 0.1) is 22.3 Å². The van der Waals surface area contributed by atoms with Crippen LogP contribution in [0.3, 0.4) is 0 Å². The molecule has 1 aliphatic heterocycles. The SMILES string of the molecule is CC(NC(=O)C1CCCN1S(C)(=O)=O)c1ccc(Cl)c(Cl)c1. The molecule has 122 valence electrons. The van der Waals surface area contributed by atoms with E-state index in [1.54, 1.807) is 18.2 Å². The van der Waals surface area contributed by atoms with Crippen molar-refractivity contribution in [1.29, 1.82) is 0 Å². The number of halogens is 2. The van der Waals surface area contributed by atoms with E-state index in [0.29, 0.717) is 29.4 Å². The molecule has 8 heteroatoms. The Morgan fingerprint density at radius 2 is 2.05 bits per heavy atom. The second kappa shape index (κ2) is 6.74. The molecule has 1 N–H and O–H groups in total. The highest BCUT2D eigenvalue weighted by molar-refractivity contribution is 7.88. The third-order valence-electron chi connectivity index (χ3n) is 3.73. The van der Waals surface area contributed by atoms with Crippen LogP contribution in [0.5, 0.6) is 0 Å². The summed E-state index contributed by atoms with van der Waals surface area (Å²) in [7, 11) is -3.38. The standard InChI is InChI=1S/C14H18Cl2N2O3S/c1-9(10-5-6-11(15)12(16)8-10)17-14(19)13-4-3-7-18(13)22(2,20)21/h5-6,8-9,13H,3-4,7H2,1-2H3,(H,17,19). The van der Waals surface area contributed by atoms with Crippen molar-refractivity contribution in [2.75, 3.05) is 12.8 Å². The summed E-state index contributed by atoms with van der Waals surface area (Å²) in [6.45, 7) is 2.20. The number of sulfonamides is 1. The van der Waals surface area contributed by atoms with Gasteiger partial charge in [-0.05, 0) is 37.5 Å². The summed E-state index contributed by atoms with van der Waals surface area (Å²) in [5, 5.41) is 3.70. The van der Waals surface area contributed by atoms with Crippen LogP contribution in [0, 0.1) is 0 Å². The van der Waals surface area contributed by atoms with Crippen molar-refractivity contribution in [1.82, 2.24) is 9.62 Å². The van der Waals surface area contributed by atoms with E-state index in [-0.39, 0.29) is 11.9 Å². The smallest absolute Gasteiger partial charge is 0.238 e. The lowest BCUT2D eigenvalue weighted by atomic mass is 10.1. The lowest BCUT2D eigenvalue weighted by Crippen LogP contribution is -2.46. The maximum Gasteiger partial charge on any atom is 0.238 e. The van der Waals surface area contributed by atoms with Gasteiger partial charge in [-0.1, -0.05) is 29.3 Å². The predicted octanol–water partition coefficient (Wildman–Crippen LogP) is 2.59. The number of amides is 1. The van der Waals surface area contributed by atoms with Crippen molar-refractivity contribution >= 4 is 39.1 Å². The molecule has 2 atom stereocenters. The molecule has 5 nitrogen and oxygen atoms in total. The van der Waals surface area contributed by atoms with Gasteiger partial charge in [-0.15, -0.1) is 0 Å². The van der Waals surface area contributed by atoms with Gasteiger partial charge in [0.1, 0.15) is 6.04 Å². The molecule has 0 bridgehead atoms. The highest BCUT2D eigenvalue weighted by atomic mass is 35.5. The van der Waals surface area contributed by atoms with E-state index in [2.05, 4.69) is 5.32 Å². The van der Waals surface area contributed by atoms with Crippen molar-refractivity contribution in [2.45, 2.75) is 31.8 Å². The first-order valence-electron chi connectivity index (χ1n) is 6.92. The van der Waals surface area contributed by atoms with Crippen LogP contribution >= 0.6 is 23.2 Å². The Morgan fingerprint density at radius 1 is 1.36 bits per heavy atom. The highest BCUT2D eigenvalue weighted by Crippen LogP contribution is 2.26. The molecule has 22 heavy (non-hydrogen) atoms. The second-order valence-electron chi connectivity index (χ2n) is 5.44. The van der Waals surface area contributed by atoms with Crippen LogP contribution in [-0.4, -0.2) is 37.5 Å². The zero-order chi connectivity index (χ0) is 16.5. The predicted molar refractivity (Wildman–Crippen MR) is 87.6 cm³/mol. The molecule has 1 aromatic rings. The van der Waals surface area contributed by atoms with Gasteiger partial charge in [0.2, 0.25) is 15.9 Å². The fraction of sp³-hybridized carbons (Fsp3) is 0.500. The third-order valence-corrected chi connectivity index (χ3v) is 5.76. The zero-order valence-electron chi connectivity index (χ0n) is 12.3. The van der Waals surface area contributed by atoms with Crippen LogP contribution in [0.25, 0.3) is 0 Å². The summed E-state index contributed by atoms with van der Waals surface area (Å²) >= 11 is 11.8. The van der Waals surface area contributed by atoms with Gasteiger partial charge in [-0.3, -0.25) is 4.79 Å². The Bertz CT molecular complexity index is 679. The van der Waals surface area contributed by atoms with E-state index in [1.807, 2.05) is 6.92 Å². The van der Waals surface area contributed by atoms with Gasteiger partial charge in [0.25, 0.3) is 0 Å². The highest BCUT2D eigenvalue weighted by Gasteiger charge is 2.36. The summed E-state index contributed by atoms with van der Waals surface area (Å²) < 4.78 is 24.7. The van der Waals surface area contributed by atoms with Crippen molar-refractivity contribution in [3.05, 3.63) is 33.8 Å². The average Bonchev–Trinajstić information content (AvgIpc) is 2.91. The number of carbonyl (C=O) groups excluding carboxylic acids is 1. The molecular weight excluding hydrogens is 347 g/mol. The van der Waals surface area contributed by atoms with E-state index < -0.39 is 16.1 Å². The topological polar surface area (TPSA) is 66.5 Å². The van der Waals surface area contributed by atoms with Crippen LogP contribution in [0.4, 0.5) is 0 Å². The van der Waals surface area contributed by atoms with E-state index in [1.165, 1.54) is 4.31 Å². The number of rotatable bonds is 4. The van der Waals surface area contributed by atoms with Crippen molar-refractivity contribution < 1.29 is 13.2 Å². The minimum Gasteiger partial charge on any atom is -0.348 e. The zero-order valence-corrected chi connectivity index (χ0v) is 14.7. The number of benzene rings is 1. The normalized spacial score (nSPS) is 20.8. The molecule has 0 aliphatic carbocycles. The Kier molecular flexibility index (Phi) is 5.37. The lowest BCUT2D eigenvalue weighted by molar-refractivity contribution is -0.124. The molecule has 0 aromatic heterocycles. The first-order chi connectivity index (χ1) is 10.2. The van der Waals surface area contributed by atoms with E-state index in [9.17, 15) is 13.2 Å². The number of nitrogens with one attached hydrogen (secondary N) is 1. The van der Waals surface area contributed by atoms with Crippen LogP contribution in [-0.2, 0) is 14.8 Å². The minimum absolute atomic E-state index is 0.288. The third kappa shape index (κ3) is 3.93. The first kappa shape index (κ1) is 17.5. The number of hydrogen-bond donors (Lipinski definition) is 1. The van der Waals surface area contributed by atoms with Crippen molar-refractivity contribution in [3.63, 3.8) is 0 Å². The van der Waals surface area contributed by atoms with Crippen LogP contribution in [0.15, 0.2) is 18.2 Å². The monoisotopic (exact) mass is 364 g/mol. The number of carbonyl (C=O) groups is 1. The Balaban J connectivity index is 2.09. The fourth-order valence-corrected chi connectivity index (χ4v) is 4.00. The van der Waals surface area contributed by atoms with Gasteiger partial charge in [-0.2, -0.15) is 4.31 Å². The van der Waals surface area contributed by atoms with Gasteiger partial charge >= 0.3 is 0 Å². The van der Waals surface area contributed by atoms with Gasteiger partial charge in [0, 0.05) is 6.54 Å². The summed E-state index contributed by atoms with van der Waals surface area (Å²) in [4.78, 5) is 12.4. The molecule has 2 rings (SSSR count). The van der Waals surface area contributed by atoms with E-state index in [4.69, 9.17) is 23.2 Å². The summed E-state index contributed by atoms with van der Waals surface area (Å²) in [5.41, 5.74) is 0.812. The summed E-state index contributed by atoms with van der Waals surface area (Å²) in [5.74, 6) is -0.290. The number of hydrogen-bond acceptors (Lipinski definition) is 3. The molecule has 0 radical (unpaired) electrons. The largest absolute Gasteiger partial charge is 0.348 e. The summed E-state index contributed by atoms with van der Waals surface area (Å²) in [6, 6.07) is 4.21. The van der Waals surface area contributed by atoms with Crippen molar-refractivity contribution in [2.24, 2.45) is 0 Å². The Morgan fingerprint density at radius 3 is 2.64 bits per heavy atom. The molecule has 1 fully saturated rings. The second-order valence-corrected chi connectivity index (χ2v) is 8.19. The van der Waals surface area contributed by atoms with Crippen LogP contribution in [0.2, 0.25) is 10.0 Å². The quantitative estimate of drug-likeness (QED) is 0.892. The maximum atomic E-state index is 12.4. The Labute approximate surface area is 140 Å². The van der Waals surface area contributed by atoms with E-state index >= 15 is 0 Å². The molecule has 1 heterocycles. The van der Waals surface area contributed by atoms with E-state index in [0.717, 1.165) is 11.8 Å². The van der Waals surface area contributed by atoms with Gasteiger partial charge in [-0.25, -0.2) is 8.42 Å². The fourth-order valence-electron chi connectivity index (χ4n) is 2.57. The molecular formula is C14H18Cl2N2O3S. The lowest BCUT2D eigenvalue weighted by Gasteiger charge is -2.23. The number of nitrogens with zero attached hydrogens (tertiary/aromatic N) is 1. The molecule has 1 aliphatic rings. The molecule has 1 amide bonds. The van der Waals surface area contributed by atoms with Gasteiger partial charge < -0.3 is 5.32 Å². The summed E-state index contributed by atoms with van der Waals surface area (Å²) in [6.07, 6.45) is 2.35. The molecule has 0 saturated carbocycles. The minimum atomic E-state index is -3.38. The maximum absolute atomic E-state index is 12.4. The molecule has 1 aromatic carbocycles.